The van der Waals surface area contributed by atoms with Crippen molar-refractivity contribution in [3.63, 3.8) is 0 Å². The second-order valence-corrected chi connectivity index (χ2v) is 9.55. The quantitative estimate of drug-likeness (QED) is 0.894. The van der Waals surface area contributed by atoms with Gasteiger partial charge in [0.25, 0.3) is 0 Å². The van der Waals surface area contributed by atoms with Crippen LogP contribution in [0, 0.1) is 0 Å². The normalized spacial score (nSPS) is 25.6. The molecule has 5 heteroatoms. The first-order valence-corrected chi connectivity index (χ1v) is 10.3. The highest BCUT2D eigenvalue weighted by Crippen LogP contribution is 2.43. The van der Waals surface area contributed by atoms with Crippen molar-refractivity contribution in [1.29, 1.82) is 0 Å². The summed E-state index contributed by atoms with van der Waals surface area (Å²) in [5.41, 5.74) is 2.74. The summed E-state index contributed by atoms with van der Waals surface area (Å²) < 4.78 is 0. The van der Waals surface area contributed by atoms with Crippen LogP contribution in [0.1, 0.15) is 44.2 Å². The summed E-state index contributed by atoms with van der Waals surface area (Å²) >= 11 is 1.78. The summed E-state index contributed by atoms with van der Waals surface area (Å²) in [5.74, 6) is 0.282. The minimum atomic E-state index is 0.0512. The Bertz CT molecular complexity index is 590. The zero-order valence-electron chi connectivity index (χ0n) is 15.9. The van der Waals surface area contributed by atoms with Gasteiger partial charge in [-0.1, -0.05) is 45.0 Å². The topological polar surface area (TPSA) is 35.6 Å². The lowest BCUT2D eigenvalue weighted by Gasteiger charge is -2.31. The smallest absolute Gasteiger partial charge is 0.236 e. The van der Waals surface area contributed by atoms with Crippen molar-refractivity contribution in [2.45, 2.75) is 43.7 Å². The molecule has 25 heavy (non-hydrogen) atoms. The zero-order valence-corrected chi connectivity index (χ0v) is 16.7. The van der Waals surface area contributed by atoms with Gasteiger partial charge in [-0.2, -0.15) is 0 Å². The molecule has 2 heterocycles. The van der Waals surface area contributed by atoms with Crippen molar-refractivity contribution in [3.05, 3.63) is 35.4 Å². The molecule has 1 aromatic rings. The molecule has 1 aromatic carbocycles. The Morgan fingerprint density at radius 2 is 1.76 bits per heavy atom. The maximum Gasteiger partial charge on any atom is 0.236 e. The maximum absolute atomic E-state index is 12.7. The highest BCUT2D eigenvalue weighted by molar-refractivity contribution is 8.01. The number of benzene rings is 1. The summed E-state index contributed by atoms with van der Waals surface area (Å²) in [5, 5.41) is 3.59. The molecule has 2 fully saturated rings. The van der Waals surface area contributed by atoms with Crippen molar-refractivity contribution in [2.24, 2.45) is 0 Å². The molecule has 1 N–H and O–H groups in total. The largest absolute Gasteiger partial charge is 0.324 e. The molecule has 0 bridgehead atoms. The third kappa shape index (κ3) is 4.39. The summed E-state index contributed by atoms with van der Waals surface area (Å²) in [7, 11) is 0. The molecular formula is C20H31N3OS. The van der Waals surface area contributed by atoms with E-state index >= 15 is 0 Å². The van der Waals surface area contributed by atoms with Crippen LogP contribution in [-0.2, 0) is 10.2 Å². The van der Waals surface area contributed by atoms with Crippen LogP contribution in [0.15, 0.2) is 24.3 Å². The minimum absolute atomic E-state index is 0.0512. The Hall–Kier alpha value is -1.04. The lowest BCUT2D eigenvalue weighted by Crippen LogP contribution is -2.46. The van der Waals surface area contributed by atoms with Crippen LogP contribution in [0.4, 0.5) is 0 Å². The van der Waals surface area contributed by atoms with Gasteiger partial charge in [0.2, 0.25) is 5.91 Å². The van der Waals surface area contributed by atoms with E-state index in [1.54, 1.807) is 11.8 Å². The SMILES string of the molecule is C[C@@H]1S[C@H](c2ccc(C(C)(C)C)cc2)N(CCN2CCNCC2)C1=O. The summed E-state index contributed by atoms with van der Waals surface area (Å²) in [6, 6.07) is 8.86. The Morgan fingerprint density at radius 1 is 1.12 bits per heavy atom. The number of piperazine rings is 1. The molecule has 3 rings (SSSR count). The van der Waals surface area contributed by atoms with Crippen LogP contribution in [0.5, 0.6) is 0 Å². The third-order valence-corrected chi connectivity index (χ3v) is 6.57. The number of hydrogen-bond donors (Lipinski definition) is 1. The molecular weight excluding hydrogens is 330 g/mol. The fourth-order valence-corrected chi connectivity index (χ4v) is 4.80. The first-order valence-electron chi connectivity index (χ1n) is 9.36. The van der Waals surface area contributed by atoms with Crippen molar-refractivity contribution < 1.29 is 4.79 Å². The second kappa shape index (κ2) is 7.68. The maximum atomic E-state index is 12.7. The van der Waals surface area contributed by atoms with Crippen LogP contribution in [-0.4, -0.2) is 60.2 Å². The second-order valence-electron chi connectivity index (χ2n) is 8.13. The highest BCUT2D eigenvalue weighted by Gasteiger charge is 2.38. The molecule has 2 saturated heterocycles. The number of nitrogens with one attached hydrogen (secondary N) is 1. The molecule has 2 atom stereocenters. The Balaban J connectivity index is 1.70. The monoisotopic (exact) mass is 361 g/mol. The van der Waals surface area contributed by atoms with Gasteiger partial charge in [0.1, 0.15) is 5.37 Å². The van der Waals surface area contributed by atoms with Gasteiger partial charge in [0.05, 0.1) is 5.25 Å². The predicted octanol–water partition coefficient (Wildman–Crippen LogP) is 2.85. The van der Waals surface area contributed by atoms with E-state index in [4.69, 9.17) is 0 Å². The van der Waals surface area contributed by atoms with Gasteiger partial charge in [-0.15, -0.1) is 11.8 Å². The van der Waals surface area contributed by atoms with Crippen molar-refractivity contribution in [2.75, 3.05) is 39.3 Å². The van der Waals surface area contributed by atoms with Gasteiger partial charge >= 0.3 is 0 Å². The van der Waals surface area contributed by atoms with Crippen molar-refractivity contribution in [1.82, 2.24) is 15.1 Å². The van der Waals surface area contributed by atoms with Crippen LogP contribution in [0.2, 0.25) is 0 Å². The number of thioether (sulfide) groups is 1. The molecule has 4 nitrogen and oxygen atoms in total. The molecule has 2 aliphatic heterocycles. The average Bonchev–Trinajstić information content (AvgIpc) is 2.88. The number of hydrogen-bond acceptors (Lipinski definition) is 4. The number of rotatable bonds is 4. The van der Waals surface area contributed by atoms with E-state index in [9.17, 15) is 4.79 Å². The van der Waals surface area contributed by atoms with Crippen LogP contribution < -0.4 is 5.32 Å². The predicted molar refractivity (Wildman–Crippen MR) is 106 cm³/mol. The van der Waals surface area contributed by atoms with E-state index < -0.39 is 0 Å². The van der Waals surface area contributed by atoms with Crippen molar-refractivity contribution in [3.8, 4) is 0 Å². The van der Waals surface area contributed by atoms with Gasteiger partial charge in [-0.05, 0) is 23.5 Å². The van der Waals surface area contributed by atoms with E-state index in [1.807, 2.05) is 6.92 Å². The van der Waals surface area contributed by atoms with Crippen molar-refractivity contribution >= 4 is 17.7 Å². The Labute approximate surface area is 156 Å². The van der Waals surface area contributed by atoms with E-state index in [2.05, 4.69) is 60.2 Å². The first kappa shape index (κ1) is 18.7. The average molecular weight is 362 g/mol. The number of carbonyl (C=O) groups is 1. The molecule has 1 amide bonds. The molecule has 2 aliphatic rings. The fraction of sp³-hybridized carbons (Fsp3) is 0.650. The molecule has 0 radical (unpaired) electrons. The summed E-state index contributed by atoms with van der Waals surface area (Å²) in [4.78, 5) is 17.2. The highest BCUT2D eigenvalue weighted by atomic mass is 32.2. The Kier molecular flexibility index (Phi) is 5.76. The van der Waals surface area contributed by atoms with Gasteiger partial charge in [0.15, 0.2) is 0 Å². The molecule has 0 unspecified atom stereocenters. The summed E-state index contributed by atoms with van der Waals surface area (Å²) in [6.07, 6.45) is 0. The number of carbonyl (C=O) groups excluding carboxylic acids is 1. The van der Waals surface area contributed by atoms with E-state index in [0.717, 1.165) is 39.3 Å². The van der Waals surface area contributed by atoms with Crippen LogP contribution in [0.3, 0.4) is 0 Å². The molecule has 0 aliphatic carbocycles. The minimum Gasteiger partial charge on any atom is -0.324 e. The van der Waals surface area contributed by atoms with Gasteiger partial charge in [0, 0.05) is 39.3 Å². The first-order chi connectivity index (χ1) is 11.9. The summed E-state index contributed by atoms with van der Waals surface area (Å²) in [6.45, 7) is 14.8. The molecule has 0 spiro atoms. The van der Waals surface area contributed by atoms with Gasteiger partial charge < -0.3 is 10.2 Å². The molecule has 0 saturated carbocycles. The third-order valence-electron chi connectivity index (χ3n) is 5.18. The lowest BCUT2D eigenvalue weighted by molar-refractivity contribution is -0.130. The van der Waals surface area contributed by atoms with E-state index in [0.29, 0.717) is 0 Å². The van der Waals surface area contributed by atoms with Crippen LogP contribution in [0.25, 0.3) is 0 Å². The number of amides is 1. The van der Waals surface area contributed by atoms with Gasteiger partial charge in [-0.25, -0.2) is 0 Å². The standard InChI is InChI=1S/C20H31N3OS/c1-15-18(24)23(14-13-22-11-9-21-10-12-22)19(25-15)16-5-7-17(8-6-16)20(2,3)4/h5-8,15,19,21H,9-14H2,1-4H3/t15-,19+/m0/s1. The fourth-order valence-electron chi connectivity index (χ4n) is 3.49. The van der Waals surface area contributed by atoms with Gasteiger partial charge in [-0.3, -0.25) is 9.69 Å². The molecule has 0 aromatic heterocycles. The van der Waals surface area contributed by atoms with Crippen LogP contribution >= 0.6 is 11.8 Å². The lowest BCUT2D eigenvalue weighted by atomic mass is 9.86. The van der Waals surface area contributed by atoms with E-state index in [1.165, 1.54) is 11.1 Å². The molecule has 138 valence electrons. The number of nitrogens with zero attached hydrogens (tertiary/aromatic N) is 2. The van der Waals surface area contributed by atoms with E-state index in [-0.39, 0.29) is 21.9 Å². The Morgan fingerprint density at radius 3 is 2.36 bits per heavy atom. The zero-order chi connectivity index (χ0) is 18.0.